The van der Waals surface area contributed by atoms with E-state index < -0.39 is 35.2 Å². The smallest absolute Gasteiger partial charge is 0.313 e. The molecule has 2 aliphatic rings. The van der Waals surface area contributed by atoms with Crippen LogP contribution in [0.25, 0.3) is 5.57 Å². The van der Waals surface area contributed by atoms with Gasteiger partial charge in [0.25, 0.3) is 0 Å². The quantitative estimate of drug-likeness (QED) is 0.422. The normalized spacial score (nSPS) is 26.1. The molecule has 0 atom stereocenters. The number of benzene rings is 1. The first-order valence-corrected chi connectivity index (χ1v) is 10.3. The van der Waals surface area contributed by atoms with E-state index in [0.717, 1.165) is 18.4 Å². The molecule has 0 heterocycles. The first-order chi connectivity index (χ1) is 14.0. The highest BCUT2D eigenvalue weighted by Gasteiger charge is 2.68. The molecule has 1 aromatic rings. The van der Waals surface area contributed by atoms with Gasteiger partial charge in [-0.25, -0.2) is 0 Å². The Morgan fingerprint density at radius 3 is 2.10 bits per heavy atom. The summed E-state index contributed by atoms with van der Waals surface area (Å²) in [5.41, 5.74) is -2.37. The van der Waals surface area contributed by atoms with Crippen LogP contribution in [0, 0.1) is 12.8 Å². The van der Waals surface area contributed by atoms with Gasteiger partial charge in [0.05, 0.1) is 6.10 Å². The van der Waals surface area contributed by atoms with Crippen LogP contribution >= 0.6 is 0 Å². The van der Waals surface area contributed by atoms with Gasteiger partial charge in [-0.2, -0.15) is 26.3 Å². The van der Waals surface area contributed by atoms with Crippen molar-refractivity contribution < 1.29 is 31.1 Å². The van der Waals surface area contributed by atoms with Crippen LogP contribution in [0.15, 0.2) is 42.0 Å². The molecule has 1 fully saturated rings. The van der Waals surface area contributed by atoms with Crippen LogP contribution in [0.3, 0.4) is 0 Å². The summed E-state index contributed by atoms with van der Waals surface area (Å²) in [5, 5.41) is 0. The summed E-state index contributed by atoms with van der Waals surface area (Å²) in [6.07, 6.45) is -0.482. The third-order valence-electron chi connectivity index (χ3n) is 5.97. The summed E-state index contributed by atoms with van der Waals surface area (Å²) in [6.45, 7) is 3.75. The molecule has 0 bridgehead atoms. The zero-order valence-electron chi connectivity index (χ0n) is 17.0. The molecule has 0 aliphatic heterocycles. The van der Waals surface area contributed by atoms with Crippen molar-refractivity contribution in [1.82, 2.24) is 0 Å². The van der Waals surface area contributed by atoms with E-state index in [1.165, 1.54) is 24.3 Å². The first kappa shape index (κ1) is 22.9. The molecular weight excluding hydrogens is 406 g/mol. The first-order valence-electron chi connectivity index (χ1n) is 10.3. The predicted octanol–water partition coefficient (Wildman–Crippen LogP) is 7.56. The fraction of sp³-hybridized carbons (Fsp3) is 0.565. The summed E-state index contributed by atoms with van der Waals surface area (Å²) in [5.74, 6) is -9.47. The topological polar surface area (TPSA) is 9.23 Å². The molecule has 30 heavy (non-hydrogen) atoms. The second-order valence-electron chi connectivity index (χ2n) is 8.24. The maximum Gasteiger partial charge on any atom is 0.385 e. The molecular formula is C23H26F6O. The standard InChI is InChI=1S/C23H26F6O/c1-3-4-16-7-11-18(12-8-16)30-23(28,29)20-14-13-19(21(24,25)22(20,26)27)17-9-5-15(2)6-10-17/h5-6,9-10,13-14,16,18H,3-4,7-8,11-12H2,1-2H3. The maximum absolute atomic E-state index is 14.7. The molecule has 0 amide bonds. The number of hydrogen-bond acceptors (Lipinski definition) is 1. The third-order valence-corrected chi connectivity index (χ3v) is 5.97. The molecule has 1 saturated carbocycles. The Balaban J connectivity index is 1.84. The molecule has 3 rings (SSSR count). The molecule has 0 saturated heterocycles. The van der Waals surface area contributed by atoms with Crippen LogP contribution in [0.1, 0.15) is 56.6 Å². The van der Waals surface area contributed by atoms with Crippen molar-refractivity contribution in [2.24, 2.45) is 5.92 Å². The van der Waals surface area contributed by atoms with Crippen molar-refractivity contribution in [3.8, 4) is 0 Å². The molecule has 1 aromatic carbocycles. The van der Waals surface area contributed by atoms with Gasteiger partial charge in [-0.15, -0.1) is 0 Å². The lowest BCUT2D eigenvalue weighted by Crippen LogP contribution is -2.50. The van der Waals surface area contributed by atoms with Gasteiger partial charge in [0.2, 0.25) is 0 Å². The molecule has 2 aliphatic carbocycles. The Bertz CT molecular complexity index is 801. The SMILES string of the molecule is CCCC1CCC(OC(F)(F)C2=CC=C(c3ccc(C)cc3)C(F)(F)C2(F)F)CC1. The second kappa shape index (κ2) is 8.40. The van der Waals surface area contributed by atoms with Gasteiger partial charge in [0.15, 0.2) is 0 Å². The van der Waals surface area contributed by atoms with Crippen molar-refractivity contribution >= 4 is 5.57 Å². The zero-order valence-corrected chi connectivity index (χ0v) is 17.0. The Hall–Kier alpha value is -1.76. The van der Waals surface area contributed by atoms with Gasteiger partial charge >= 0.3 is 18.0 Å². The van der Waals surface area contributed by atoms with E-state index in [-0.39, 0.29) is 5.56 Å². The molecule has 0 N–H and O–H groups in total. The van der Waals surface area contributed by atoms with E-state index in [2.05, 4.69) is 4.74 Å². The van der Waals surface area contributed by atoms with Crippen molar-refractivity contribution in [3.63, 3.8) is 0 Å². The van der Waals surface area contributed by atoms with Crippen LogP contribution < -0.4 is 0 Å². The van der Waals surface area contributed by atoms with Crippen LogP contribution in [0.4, 0.5) is 26.3 Å². The minimum Gasteiger partial charge on any atom is -0.313 e. The van der Waals surface area contributed by atoms with Gasteiger partial charge in [-0.05, 0) is 50.2 Å². The number of alkyl halides is 6. The van der Waals surface area contributed by atoms with E-state index in [4.69, 9.17) is 0 Å². The number of ether oxygens (including phenoxy) is 1. The molecule has 0 radical (unpaired) electrons. The Labute approximate surface area is 172 Å². The molecule has 166 valence electrons. The van der Waals surface area contributed by atoms with Crippen LogP contribution in [0.2, 0.25) is 0 Å². The zero-order chi connectivity index (χ0) is 22.2. The average molecular weight is 432 g/mol. The fourth-order valence-corrected chi connectivity index (χ4v) is 4.22. The lowest BCUT2D eigenvalue weighted by atomic mass is 9.84. The summed E-state index contributed by atoms with van der Waals surface area (Å²) in [6, 6.07) is 5.53. The fourth-order valence-electron chi connectivity index (χ4n) is 4.22. The molecule has 0 aromatic heterocycles. The summed E-state index contributed by atoms with van der Waals surface area (Å²) < 4.78 is 92.6. The lowest BCUT2D eigenvalue weighted by Gasteiger charge is -2.37. The van der Waals surface area contributed by atoms with E-state index in [1.54, 1.807) is 6.92 Å². The van der Waals surface area contributed by atoms with E-state index in [9.17, 15) is 26.3 Å². The van der Waals surface area contributed by atoms with Gasteiger partial charge in [0, 0.05) is 5.57 Å². The van der Waals surface area contributed by atoms with Crippen LogP contribution in [-0.4, -0.2) is 24.1 Å². The van der Waals surface area contributed by atoms with Gasteiger partial charge < -0.3 is 4.74 Å². The Kier molecular flexibility index (Phi) is 6.42. The maximum atomic E-state index is 14.7. The highest BCUT2D eigenvalue weighted by molar-refractivity contribution is 5.76. The largest absolute Gasteiger partial charge is 0.385 e. The molecule has 7 heteroatoms. The number of hydrogen-bond donors (Lipinski definition) is 0. The highest BCUT2D eigenvalue weighted by Crippen LogP contribution is 2.54. The second-order valence-corrected chi connectivity index (χ2v) is 8.24. The van der Waals surface area contributed by atoms with Crippen LogP contribution in [-0.2, 0) is 4.74 Å². The van der Waals surface area contributed by atoms with Gasteiger partial charge in [-0.3, -0.25) is 0 Å². The summed E-state index contributed by atoms with van der Waals surface area (Å²) in [7, 11) is 0. The summed E-state index contributed by atoms with van der Waals surface area (Å²) in [4.78, 5) is 0. The molecule has 1 nitrogen and oxygen atoms in total. The lowest BCUT2D eigenvalue weighted by molar-refractivity contribution is -0.271. The summed E-state index contributed by atoms with van der Waals surface area (Å²) >= 11 is 0. The third kappa shape index (κ3) is 4.32. The van der Waals surface area contributed by atoms with Gasteiger partial charge in [-0.1, -0.05) is 55.7 Å². The van der Waals surface area contributed by atoms with Gasteiger partial charge in [0.1, 0.15) is 5.57 Å². The monoisotopic (exact) mass is 432 g/mol. The highest BCUT2D eigenvalue weighted by atomic mass is 19.3. The van der Waals surface area contributed by atoms with Crippen molar-refractivity contribution in [3.05, 3.63) is 53.1 Å². The number of rotatable bonds is 6. The van der Waals surface area contributed by atoms with E-state index in [0.29, 0.717) is 43.8 Å². The van der Waals surface area contributed by atoms with Crippen molar-refractivity contribution in [2.45, 2.75) is 76.4 Å². The molecule has 0 unspecified atom stereocenters. The van der Waals surface area contributed by atoms with E-state index in [1.807, 2.05) is 6.92 Å². The van der Waals surface area contributed by atoms with Crippen molar-refractivity contribution in [2.75, 3.05) is 0 Å². The van der Waals surface area contributed by atoms with Crippen LogP contribution in [0.5, 0.6) is 0 Å². The number of allylic oxidation sites excluding steroid dienone is 3. The Morgan fingerprint density at radius 2 is 1.53 bits per heavy atom. The predicted molar refractivity (Wildman–Crippen MR) is 104 cm³/mol. The molecule has 0 spiro atoms. The minimum atomic E-state index is -5.08. The number of halogens is 6. The van der Waals surface area contributed by atoms with E-state index >= 15 is 0 Å². The number of aryl methyl sites for hydroxylation is 1. The van der Waals surface area contributed by atoms with Crippen molar-refractivity contribution in [1.29, 1.82) is 0 Å². The Morgan fingerprint density at radius 1 is 0.933 bits per heavy atom. The minimum absolute atomic E-state index is 0.140. The average Bonchev–Trinajstić information content (AvgIpc) is 2.66.